The van der Waals surface area contributed by atoms with E-state index in [9.17, 15) is 15.4 Å². The third-order valence-electron chi connectivity index (χ3n) is 4.60. The Labute approximate surface area is 136 Å². The average Bonchev–Trinajstić information content (AvgIpc) is 3.17. The molecule has 0 aliphatic heterocycles. The van der Waals surface area contributed by atoms with Crippen LogP contribution in [0.5, 0.6) is 0 Å². The fourth-order valence-corrected chi connectivity index (χ4v) is 2.36. The summed E-state index contributed by atoms with van der Waals surface area (Å²) < 4.78 is 5.63. The largest absolute Gasteiger partial charge is 0.491 e. The van der Waals surface area contributed by atoms with Gasteiger partial charge in [-0.05, 0) is 63.7 Å². The summed E-state index contributed by atoms with van der Waals surface area (Å²) in [6.07, 6.45) is 1.60. The standard InChI is InChI=1S/C16H21BClNO3/c1-14(2,20)15(3,4)22-17(21)12-7-11(8-13(18)9-12)16(10-19)5-6-16/h7-9,20-21H,5-6H2,1-4H3. The highest BCUT2D eigenvalue weighted by Gasteiger charge is 2.46. The maximum Gasteiger partial charge on any atom is 0.491 e. The topological polar surface area (TPSA) is 73.5 Å². The van der Waals surface area contributed by atoms with Crippen LogP contribution in [0.15, 0.2) is 18.2 Å². The molecular formula is C16H21BClNO3. The molecule has 0 atom stereocenters. The molecule has 0 spiro atoms. The second kappa shape index (κ2) is 5.54. The molecule has 1 aromatic carbocycles. The lowest BCUT2D eigenvalue weighted by Gasteiger charge is -2.38. The Balaban J connectivity index is 2.28. The monoisotopic (exact) mass is 321 g/mol. The Morgan fingerprint density at radius 2 is 1.86 bits per heavy atom. The number of halogens is 1. The molecule has 0 aromatic heterocycles. The van der Waals surface area contributed by atoms with E-state index in [0.29, 0.717) is 10.5 Å². The average molecular weight is 322 g/mol. The van der Waals surface area contributed by atoms with E-state index in [1.165, 1.54) is 0 Å². The predicted molar refractivity (Wildman–Crippen MR) is 87.0 cm³/mol. The summed E-state index contributed by atoms with van der Waals surface area (Å²) in [5.74, 6) is 0. The highest BCUT2D eigenvalue weighted by molar-refractivity contribution is 6.60. The second-order valence-electron chi connectivity index (χ2n) is 7.01. The number of aliphatic hydroxyl groups is 1. The molecule has 0 heterocycles. The van der Waals surface area contributed by atoms with Gasteiger partial charge in [0.25, 0.3) is 0 Å². The van der Waals surface area contributed by atoms with Gasteiger partial charge in [-0.25, -0.2) is 0 Å². The van der Waals surface area contributed by atoms with Gasteiger partial charge in [0, 0.05) is 5.02 Å². The highest BCUT2D eigenvalue weighted by atomic mass is 35.5. The van der Waals surface area contributed by atoms with Crippen molar-refractivity contribution in [3.63, 3.8) is 0 Å². The van der Waals surface area contributed by atoms with Crippen LogP contribution in [0.2, 0.25) is 5.02 Å². The number of nitriles is 1. The number of hydrogen-bond donors (Lipinski definition) is 2. The minimum Gasteiger partial charge on any atom is -0.423 e. The Hall–Kier alpha value is -1.06. The summed E-state index contributed by atoms with van der Waals surface area (Å²) in [4.78, 5) is 0. The molecule has 4 nitrogen and oxygen atoms in total. The first-order chi connectivity index (χ1) is 10.0. The number of rotatable bonds is 5. The Morgan fingerprint density at radius 1 is 1.27 bits per heavy atom. The van der Waals surface area contributed by atoms with Crippen LogP contribution in [0.1, 0.15) is 46.1 Å². The van der Waals surface area contributed by atoms with Gasteiger partial charge in [0.15, 0.2) is 0 Å². The van der Waals surface area contributed by atoms with Crippen molar-refractivity contribution in [3.05, 3.63) is 28.8 Å². The first-order valence-corrected chi connectivity index (χ1v) is 7.69. The SMILES string of the molecule is CC(C)(O)C(C)(C)OB(O)c1cc(Cl)cc(C2(C#N)CC2)c1. The van der Waals surface area contributed by atoms with Crippen molar-refractivity contribution in [1.29, 1.82) is 5.26 Å². The fraction of sp³-hybridized carbons (Fsp3) is 0.562. The van der Waals surface area contributed by atoms with E-state index in [1.54, 1.807) is 45.9 Å². The van der Waals surface area contributed by atoms with E-state index >= 15 is 0 Å². The molecule has 1 aliphatic rings. The lowest BCUT2D eigenvalue weighted by Crippen LogP contribution is -2.53. The lowest BCUT2D eigenvalue weighted by molar-refractivity contribution is -0.0982. The molecule has 0 amide bonds. The smallest absolute Gasteiger partial charge is 0.423 e. The van der Waals surface area contributed by atoms with Crippen molar-refractivity contribution in [2.75, 3.05) is 0 Å². The van der Waals surface area contributed by atoms with Gasteiger partial charge in [0.2, 0.25) is 0 Å². The van der Waals surface area contributed by atoms with Crippen molar-refractivity contribution in [1.82, 2.24) is 0 Å². The quantitative estimate of drug-likeness (QED) is 0.815. The van der Waals surface area contributed by atoms with Gasteiger partial charge < -0.3 is 14.8 Å². The van der Waals surface area contributed by atoms with E-state index in [4.69, 9.17) is 16.3 Å². The van der Waals surface area contributed by atoms with Gasteiger partial charge in [-0.3, -0.25) is 0 Å². The number of benzene rings is 1. The van der Waals surface area contributed by atoms with E-state index < -0.39 is 23.7 Å². The van der Waals surface area contributed by atoms with Crippen molar-refractivity contribution in [3.8, 4) is 6.07 Å². The Bertz CT molecular complexity index is 615. The molecule has 2 N–H and O–H groups in total. The highest BCUT2D eigenvalue weighted by Crippen LogP contribution is 2.47. The molecule has 1 aromatic rings. The summed E-state index contributed by atoms with van der Waals surface area (Å²) in [6, 6.07) is 7.44. The van der Waals surface area contributed by atoms with Crippen LogP contribution in [0, 0.1) is 11.3 Å². The van der Waals surface area contributed by atoms with Crippen LogP contribution in [-0.4, -0.2) is 28.5 Å². The second-order valence-corrected chi connectivity index (χ2v) is 7.44. The van der Waals surface area contributed by atoms with E-state index in [-0.39, 0.29) is 0 Å². The molecule has 118 valence electrons. The molecule has 1 aliphatic carbocycles. The molecule has 6 heteroatoms. The van der Waals surface area contributed by atoms with Gasteiger partial charge >= 0.3 is 7.12 Å². The predicted octanol–water partition coefficient (Wildman–Crippen LogP) is 2.15. The third-order valence-corrected chi connectivity index (χ3v) is 4.82. The molecule has 0 unspecified atom stereocenters. The maximum atomic E-state index is 10.4. The zero-order valence-electron chi connectivity index (χ0n) is 13.4. The maximum absolute atomic E-state index is 10.4. The molecule has 2 rings (SSSR count). The number of hydrogen-bond acceptors (Lipinski definition) is 4. The van der Waals surface area contributed by atoms with Gasteiger partial charge in [-0.1, -0.05) is 17.7 Å². The zero-order valence-corrected chi connectivity index (χ0v) is 14.1. The van der Waals surface area contributed by atoms with Crippen LogP contribution in [0.3, 0.4) is 0 Å². The minimum absolute atomic E-state index is 0.456. The van der Waals surface area contributed by atoms with Crippen LogP contribution in [0.4, 0.5) is 0 Å². The Kier molecular flexibility index (Phi) is 4.36. The van der Waals surface area contributed by atoms with E-state index in [0.717, 1.165) is 18.4 Å². The van der Waals surface area contributed by atoms with Crippen LogP contribution in [0.25, 0.3) is 0 Å². The lowest BCUT2D eigenvalue weighted by atomic mass is 9.75. The van der Waals surface area contributed by atoms with E-state index in [2.05, 4.69) is 6.07 Å². The molecule has 1 saturated carbocycles. The molecule has 0 bridgehead atoms. The molecule has 1 fully saturated rings. The number of nitrogens with zero attached hydrogens (tertiary/aromatic N) is 1. The fourth-order valence-electron chi connectivity index (χ4n) is 2.11. The summed E-state index contributed by atoms with van der Waals surface area (Å²) >= 11 is 6.12. The summed E-state index contributed by atoms with van der Waals surface area (Å²) in [5, 5.41) is 30.2. The summed E-state index contributed by atoms with van der Waals surface area (Å²) in [7, 11) is -1.23. The molecule has 0 radical (unpaired) electrons. The summed E-state index contributed by atoms with van der Waals surface area (Å²) in [5.41, 5.74) is -1.27. The molecule has 0 saturated heterocycles. The van der Waals surface area contributed by atoms with Crippen LogP contribution >= 0.6 is 11.6 Å². The van der Waals surface area contributed by atoms with Crippen LogP contribution < -0.4 is 5.46 Å². The van der Waals surface area contributed by atoms with Crippen LogP contribution in [-0.2, 0) is 10.1 Å². The zero-order chi connectivity index (χ0) is 16.8. The van der Waals surface area contributed by atoms with Gasteiger partial charge in [0.05, 0.1) is 22.7 Å². The first kappa shape index (κ1) is 17.3. The summed E-state index contributed by atoms with van der Waals surface area (Å²) in [6.45, 7) is 6.66. The Morgan fingerprint density at radius 3 is 2.32 bits per heavy atom. The van der Waals surface area contributed by atoms with Gasteiger partial charge in [0.1, 0.15) is 0 Å². The molecule has 22 heavy (non-hydrogen) atoms. The third kappa shape index (κ3) is 3.31. The van der Waals surface area contributed by atoms with Crippen molar-refractivity contribution in [2.45, 2.75) is 57.2 Å². The first-order valence-electron chi connectivity index (χ1n) is 7.31. The normalized spacial score (nSPS) is 17.0. The van der Waals surface area contributed by atoms with Gasteiger partial charge in [-0.15, -0.1) is 0 Å². The van der Waals surface area contributed by atoms with E-state index in [1.807, 2.05) is 0 Å². The minimum atomic E-state index is -1.23. The van der Waals surface area contributed by atoms with Gasteiger partial charge in [-0.2, -0.15) is 5.26 Å². The van der Waals surface area contributed by atoms with Crippen molar-refractivity contribution >= 4 is 24.2 Å². The van der Waals surface area contributed by atoms with Crippen molar-refractivity contribution < 1.29 is 14.8 Å². The van der Waals surface area contributed by atoms with Crippen molar-refractivity contribution in [2.24, 2.45) is 0 Å². The molecular weight excluding hydrogens is 300 g/mol.